The molecule has 0 fully saturated rings. The molecule has 1 heterocycles. The van der Waals surface area contributed by atoms with Gasteiger partial charge in [0.2, 0.25) is 0 Å². The van der Waals surface area contributed by atoms with Crippen LogP contribution in [-0.4, -0.2) is 4.57 Å². The maximum absolute atomic E-state index is 6.21. The highest BCUT2D eigenvalue weighted by atomic mass is 79.9. The molecular formula is C12H13BrN2. The van der Waals surface area contributed by atoms with Crippen molar-refractivity contribution in [1.82, 2.24) is 4.57 Å². The van der Waals surface area contributed by atoms with Crippen molar-refractivity contribution in [1.29, 1.82) is 0 Å². The van der Waals surface area contributed by atoms with Gasteiger partial charge in [-0.05, 0) is 23.8 Å². The first-order valence-corrected chi connectivity index (χ1v) is 5.60. The van der Waals surface area contributed by atoms with Gasteiger partial charge in [0, 0.05) is 23.4 Å². The fraction of sp³-hybridized carbons (Fsp3) is 0.167. The summed E-state index contributed by atoms with van der Waals surface area (Å²) in [4.78, 5) is 0. The molecule has 1 atom stereocenters. The molecule has 0 aliphatic rings. The van der Waals surface area contributed by atoms with E-state index in [9.17, 15) is 0 Å². The summed E-state index contributed by atoms with van der Waals surface area (Å²) in [6.07, 6.45) is 2.01. The number of aromatic nitrogens is 1. The van der Waals surface area contributed by atoms with Gasteiger partial charge in [-0.2, -0.15) is 0 Å². The fourth-order valence-electron chi connectivity index (χ4n) is 1.68. The summed E-state index contributed by atoms with van der Waals surface area (Å²) in [5, 5.41) is 0. The van der Waals surface area contributed by atoms with Gasteiger partial charge in [0.05, 0.1) is 6.04 Å². The van der Waals surface area contributed by atoms with E-state index in [4.69, 9.17) is 5.73 Å². The van der Waals surface area contributed by atoms with Crippen LogP contribution in [0.25, 0.3) is 0 Å². The van der Waals surface area contributed by atoms with E-state index in [2.05, 4.69) is 15.9 Å². The predicted octanol–water partition coefficient (Wildman–Crippen LogP) is 2.84. The van der Waals surface area contributed by atoms with Gasteiger partial charge in [-0.1, -0.05) is 34.1 Å². The summed E-state index contributed by atoms with van der Waals surface area (Å²) in [5.74, 6) is 0. The maximum atomic E-state index is 6.21. The van der Waals surface area contributed by atoms with Gasteiger partial charge in [-0.3, -0.25) is 0 Å². The largest absolute Gasteiger partial charge is 0.353 e. The Balaban J connectivity index is 2.41. The number of benzene rings is 1. The normalized spacial score (nSPS) is 12.7. The molecule has 0 radical (unpaired) electrons. The van der Waals surface area contributed by atoms with Crippen LogP contribution in [0.15, 0.2) is 47.1 Å². The summed E-state index contributed by atoms with van der Waals surface area (Å²) in [7, 11) is 2.01. The molecule has 2 rings (SSSR count). The van der Waals surface area contributed by atoms with Gasteiger partial charge in [0.25, 0.3) is 0 Å². The monoisotopic (exact) mass is 264 g/mol. The van der Waals surface area contributed by atoms with Crippen molar-refractivity contribution >= 4 is 15.9 Å². The molecule has 2 N–H and O–H groups in total. The topological polar surface area (TPSA) is 30.9 Å². The van der Waals surface area contributed by atoms with Gasteiger partial charge in [0.1, 0.15) is 0 Å². The van der Waals surface area contributed by atoms with Crippen molar-refractivity contribution < 1.29 is 0 Å². The molecule has 2 nitrogen and oxygen atoms in total. The Morgan fingerprint density at radius 3 is 2.53 bits per heavy atom. The van der Waals surface area contributed by atoms with E-state index < -0.39 is 0 Å². The third-order valence-electron chi connectivity index (χ3n) is 2.54. The summed E-state index contributed by atoms with van der Waals surface area (Å²) in [6, 6.07) is 12.0. The number of halogens is 1. The van der Waals surface area contributed by atoms with E-state index in [1.165, 1.54) is 0 Å². The number of rotatable bonds is 2. The highest BCUT2D eigenvalue weighted by Crippen LogP contribution is 2.26. The highest BCUT2D eigenvalue weighted by Gasteiger charge is 2.13. The molecular weight excluding hydrogens is 252 g/mol. The van der Waals surface area contributed by atoms with Crippen molar-refractivity contribution in [3.05, 3.63) is 58.3 Å². The summed E-state index contributed by atoms with van der Waals surface area (Å²) in [5.41, 5.74) is 8.43. The Labute approximate surface area is 97.8 Å². The minimum Gasteiger partial charge on any atom is -0.353 e. The number of nitrogens with zero attached hydrogens (tertiary/aromatic N) is 1. The molecule has 0 spiro atoms. The van der Waals surface area contributed by atoms with E-state index in [0.29, 0.717) is 0 Å². The van der Waals surface area contributed by atoms with Crippen LogP contribution < -0.4 is 5.73 Å². The van der Waals surface area contributed by atoms with Crippen LogP contribution in [0.1, 0.15) is 17.3 Å². The van der Waals surface area contributed by atoms with E-state index in [0.717, 1.165) is 15.7 Å². The molecule has 0 aliphatic carbocycles. The van der Waals surface area contributed by atoms with Crippen molar-refractivity contribution in [2.45, 2.75) is 6.04 Å². The van der Waals surface area contributed by atoms with Crippen molar-refractivity contribution in [2.75, 3.05) is 0 Å². The Morgan fingerprint density at radius 1 is 1.20 bits per heavy atom. The molecule has 3 heteroatoms. The molecule has 0 saturated carbocycles. The first-order valence-electron chi connectivity index (χ1n) is 4.81. The number of hydrogen-bond acceptors (Lipinski definition) is 1. The third-order valence-corrected chi connectivity index (χ3v) is 3.27. The zero-order valence-electron chi connectivity index (χ0n) is 8.52. The quantitative estimate of drug-likeness (QED) is 0.889. The molecule has 78 valence electrons. The summed E-state index contributed by atoms with van der Waals surface area (Å²) >= 11 is 3.52. The van der Waals surface area contributed by atoms with Gasteiger partial charge >= 0.3 is 0 Å². The molecule has 0 aliphatic heterocycles. The van der Waals surface area contributed by atoms with Crippen molar-refractivity contribution in [2.24, 2.45) is 12.8 Å². The zero-order chi connectivity index (χ0) is 10.8. The second kappa shape index (κ2) is 4.21. The molecule has 2 aromatic rings. The zero-order valence-corrected chi connectivity index (χ0v) is 10.1. The SMILES string of the molecule is Cn1cccc1C(N)c1ccccc1Br. The molecule has 0 saturated heterocycles. The number of hydrogen-bond donors (Lipinski definition) is 1. The van der Waals surface area contributed by atoms with Gasteiger partial charge in [0.15, 0.2) is 0 Å². The van der Waals surface area contributed by atoms with Crippen LogP contribution in [0.3, 0.4) is 0 Å². The average Bonchev–Trinajstić information content (AvgIpc) is 2.64. The summed E-state index contributed by atoms with van der Waals surface area (Å²) < 4.78 is 3.10. The molecule has 0 amide bonds. The lowest BCUT2D eigenvalue weighted by Crippen LogP contribution is -2.15. The minimum absolute atomic E-state index is 0.0828. The number of nitrogens with two attached hydrogens (primary N) is 1. The lowest BCUT2D eigenvalue weighted by Gasteiger charge is -2.14. The molecule has 1 unspecified atom stereocenters. The lowest BCUT2D eigenvalue weighted by molar-refractivity contribution is 0.744. The van der Waals surface area contributed by atoms with Crippen LogP contribution in [0.2, 0.25) is 0 Å². The van der Waals surface area contributed by atoms with E-state index in [1.807, 2.05) is 54.2 Å². The Hall–Kier alpha value is -1.06. The van der Waals surface area contributed by atoms with Gasteiger partial charge in [-0.25, -0.2) is 0 Å². The van der Waals surface area contributed by atoms with E-state index in [1.54, 1.807) is 0 Å². The second-order valence-electron chi connectivity index (χ2n) is 3.54. The van der Waals surface area contributed by atoms with Crippen LogP contribution >= 0.6 is 15.9 Å². The Morgan fingerprint density at radius 2 is 1.93 bits per heavy atom. The molecule has 1 aromatic carbocycles. The van der Waals surface area contributed by atoms with Crippen molar-refractivity contribution in [3.63, 3.8) is 0 Å². The molecule has 1 aromatic heterocycles. The van der Waals surface area contributed by atoms with Crippen LogP contribution in [0.5, 0.6) is 0 Å². The van der Waals surface area contributed by atoms with Crippen LogP contribution in [-0.2, 0) is 7.05 Å². The average molecular weight is 265 g/mol. The van der Waals surface area contributed by atoms with E-state index in [-0.39, 0.29) is 6.04 Å². The molecule has 15 heavy (non-hydrogen) atoms. The molecule has 0 bridgehead atoms. The van der Waals surface area contributed by atoms with Gasteiger partial charge < -0.3 is 10.3 Å². The van der Waals surface area contributed by atoms with Crippen LogP contribution in [0.4, 0.5) is 0 Å². The fourth-order valence-corrected chi connectivity index (χ4v) is 2.22. The summed E-state index contributed by atoms with van der Waals surface area (Å²) in [6.45, 7) is 0. The van der Waals surface area contributed by atoms with E-state index >= 15 is 0 Å². The predicted molar refractivity (Wildman–Crippen MR) is 65.6 cm³/mol. The minimum atomic E-state index is -0.0828. The highest BCUT2D eigenvalue weighted by molar-refractivity contribution is 9.10. The number of aryl methyl sites for hydroxylation is 1. The van der Waals surface area contributed by atoms with Crippen LogP contribution in [0, 0.1) is 0 Å². The Bertz CT molecular complexity index is 462. The standard InChI is InChI=1S/C12H13BrN2/c1-15-8-4-7-11(15)12(14)9-5-2-3-6-10(9)13/h2-8,12H,14H2,1H3. The second-order valence-corrected chi connectivity index (χ2v) is 4.40. The first-order chi connectivity index (χ1) is 7.20. The smallest absolute Gasteiger partial charge is 0.0716 e. The first kappa shape index (κ1) is 10.5. The maximum Gasteiger partial charge on any atom is 0.0716 e. The Kier molecular flexibility index (Phi) is 2.93. The lowest BCUT2D eigenvalue weighted by atomic mass is 10.1. The van der Waals surface area contributed by atoms with Gasteiger partial charge in [-0.15, -0.1) is 0 Å². The van der Waals surface area contributed by atoms with Crippen molar-refractivity contribution in [3.8, 4) is 0 Å². The third kappa shape index (κ3) is 1.98.